The molecule has 0 radical (unpaired) electrons. The number of nitrogens with one attached hydrogen (secondary N) is 1. The number of ether oxygens (including phenoxy) is 2. The Morgan fingerprint density at radius 2 is 2.14 bits per heavy atom. The molecule has 0 amide bonds. The zero-order valence-electron chi connectivity index (χ0n) is 12.3. The van der Waals surface area contributed by atoms with Crippen LogP contribution in [-0.2, 0) is 0 Å². The minimum absolute atomic E-state index is 0.209. The van der Waals surface area contributed by atoms with Gasteiger partial charge in [0, 0.05) is 0 Å². The predicted molar refractivity (Wildman–Crippen MR) is 77.7 cm³/mol. The summed E-state index contributed by atoms with van der Waals surface area (Å²) < 4.78 is 10.9. The second kappa shape index (κ2) is 5.51. The van der Waals surface area contributed by atoms with Crippen LogP contribution in [0.15, 0.2) is 12.5 Å². The number of hydrogen-bond acceptors (Lipinski definition) is 7. The van der Waals surface area contributed by atoms with Gasteiger partial charge in [-0.15, -0.1) is 0 Å². The van der Waals surface area contributed by atoms with Crippen molar-refractivity contribution in [2.75, 3.05) is 25.6 Å². The molecule has 0 aliphatic carbocycles. The van der Waals surface area contributed by atoms with Gasteiger partial charge < -0.3 is 14.8 Å². The predicted octanol–water partition coefficient (Wildman–Crippen LogP) is 1.87. The Balaban J connectivity index is 2.15. The van der Waals surface area contributed by atoms with Crippen LogP contribution in [0.5, 0.6) is 11.6 Å². The van der Waals surface area contributed by atoms with E-state index in [0.29, 0.717) is 29.9 Å². The van der Waals surface area contributed by atoms with Gasteiger partial charge in [-0.05, 0) is 5.92 Å². The fraction of sp³-hybridized carbons (Fsp3) is 0.429. The third-order valence-electron chi connectivity index (χ3n) is 3.21. The number of nitrogens with zero attached hydrogens (tertiary/aromatic N) is 4. The van der Waals surface area contributed by atoms with Crippen LogP contribution in [-0.4, -0.2) is 40.2 Å². The van der Waals surface area contributed by atoms with Crippen molar-refractivity contribution in [3.63, 3.8) is 0 Å². The lowest BCUT2D eigenvalue weighted by molar-refractivity contribution is 0.320. The Bertz CT molecular complexity index is 660. The van der Waals surface area contributed by atoms with E-state index in [4.69, 9.17) is 9.47 Å². The number of rotatable bonds is 3. The first kappa shape index (κ1) is 13.5. The lowest BCUT2D eigenvalue weighted by Crippen LogP contribution is -2.19. The average molecular weight is 287 g/mol. The summed E-state index contributed by atoms with van der Waals surface area (Å²) in [4.78, 5) is 17.4. The number of aromatic nitrogens is 4. The summed E-state index contributed by atoms with van der Waals surface area (Å²) in [6.07, 6.45) is 3.16. The molecule has 21 heavy (non-hydrogen) atoms. The van der Waals surface area contributed by atoms with E-state index in [9.17, 15) is 0 Å². The van der Waals surface area contributed by atoms with Gasteiger partial charge in [0.15, 0.2) is 17.4 Å². The molecule has 0 atom stereocenters. The summed E-state index contributed by atoms with van der Waals surface area (Å²) >= 11 is 0. The quantitative estimate of drug-likeness (QED) is 0.922. The van der Waals surface area contributed by atoms with Crippen LogP contribution < -0.4 is 14.8 Å². The van der Waals surface area contributed by atoms with Gasteiger partial charge in [0.2, 0.25) is 5.88 Å². The summed E-state index contributed by atoms with van der Waals surface area (Å²) in [7, 11) is 1.58. The zero-order chi connectivity index (χ0) is 14.8. The maximum Gasteiger partial charge on any atom is 0.227 e. The van der Waals surface area contributed by atoms with E-state index < -0.39 is 0 Å². The first-order valence-electron chi connectivity index (χ1n) is 6.83. The Kier molecular flexibility index (Phi) is 3.55. The Morgan fingerprint density at radius 1 is 1.29 bits per heavy atom. The van der Waals surface area contributed by atoms with Crippen LogP contribution in [0, 0.1) is 0 Å². The largest absolute Gasteiger partial charge is 0.486 e. The van der Waals surface area contributed by atoms with Crippen molar-refractivity contribution in [1.82, 2.24) is 19.9 Å². The van der Waals surface area contributed by atoms with Gasteiger partial charge in [-0.3, -0.25) is 0 Å². The highest BCUT2D eigenvalue weighted by Crippen LogP contribution is 2.34. The lowest BCUT2D eigenvalue weighted by atomic mass is 10.0. The van der Waals surface area contributed by atoms with E-state index in [1.165, 1.54) is 6.33 Å². The molecule has 7 heteroatoms. The van der Waals surface area contributed by atoms with E-state index in [1.807, 2.05) is 0 Å². The molecular weight excluding hydrogens is 270 g/mol. The fourth-order valence-corrected chi connectivity index (χ4v) is 2.24. The zero-order valence-corrected chi connectivity index (χ0v) is 12.3. The third-order valence-corrected chi connectivity index (χ3v) is 3.21. The molecule has 0 aromatic carbocycles. The molecule has 0 bridgehead atoms. The van der Waals surface area contributed by atoms with Crippen LogP contribution >= 0.6 is 0 Å². The molecule has 2 aromatic heterocycles. The molecular formula is C14H17N5O2. The highest BCUT2D eigenvalue weighted by atomic mass is 16.5. The van der Waals surface area contributed by atoms with Gasteiger partial charge in [0.1, 0.15) is 18.5 Å². The van der Waals surface area contributed by atoms with E-state index >= 15 is 0 Å². The highest BCUT2D eigenvalue weighted by Gasteiger charge is 2.21. The molecule has 1 aliphatic rings. The summed E-state index contributed by atoms with van der Waals surface area (Å²) in [5.74, 6) is 2.57. The van der Waals surface area contributed by atoms with Crippen LogP contribution in [0.4, 0.5) is 5.82 Å². The van der Waals surface area contributed by atoms with Gasteiger partial charge in [-0.25, -0.2) is 19.9 Å². The number of hydrogen-bond donors (Lipinski definition) is 1. The second-order valence-corrected chi connectivity index (χ2v) is 4.98. The van der Waals surface area contributed by atoms with E-state index in [2.05, 4.69) is 39.1 Å². The summed E-state index contributed by atoms with van der Waals surface area (Å²) in [6.45, 7) is 5.46. The number of anilines is 1. The smallest absolute Gasteiger partial charge is 0.227 e. The summed E-state index contributed by atoms with van der Waals surface area (Å²) in [6, 6.07) is 0. The minimum atomic E-state index is 0.209. The standard InChI is InChI=1S/C14H17N5O2/c1-8(2)11-10(14(20-3)18-7-17-11)13-16-6-9-12(19-13)15-4-5-21-9/h6-8H,4-5H2,1-3H3,(H,15,16,19). The molecule has 7 nitrogen and oxygen atoms in total. The SMILES string of the molecule is COc1ncnc(C(C)C)c1-c1ncc2c(n1)NCCO2. The first-order chi connectivity index (χ1) is 10.2. The van der Waals surface area contributed by atoms with Crippen molar-refractivity contribution in [3.05, 3.63) is 18.2 Å². The van der Waals surface area contributed by atoms with Gasteiger partial charge in [0.25, 0.3) is 0 Å². The normalized spacial score (nSPS) is 13.3. The molecule has 3 heterocycles. The van der Waals surface area contributed by atoms with Gasteiger partial charge in [-0.1, -0.05) is 13.8 Å². The second-order valence-electron chi connectivity index (χ2n) is 4.98. The molecule has 2 aromatic rings. The molecule has 0 saturated heterocycles. The lowest BCUT2D eigenvalue weighted by Gasteiger charge is -2.19. The van der Waals surface area contributed by atoms with Crippen LogP contribution in [0.1, 0.15) is 25.5 Å². The molecule has 0 unspecified atom stereocenters. The molecule has 0 saturated carbocycles. The van der Waals surface area contributed by atoms with Crippen molar-refractivity contribution in [3.8, 4) is 23.0 Å². The maximum absolute atomic E-state index is 5.50. The van der Waals surface area contributed by atoms with Crippen molar-refractivity contribution in [2.45, 2.75) is 19.8 Å². The van der Waals surface area contributed by atoms with E-state index in [0.717, 1.165) is 17.8 Å². The van der Waals surface area contributed by atoms with Crippen molar-refractivity contribution in [2.24, 2.45) is 0 Å². The first-order valence-corrected chi connectivity index (χ1v) is 6.83. The van der Waals surface area contributed by atoms with Crippen LogP contribution in [0.2, 0.25) is 0 Å². The minimum Gasteiger partial charge on any atom is -0.486 e. The molecule has 0 spiro atoms. The van der Waals surface area contributed by atoms with Crippen LogP contribution in [0.3, 0.4) is 0 Å². The van der Waals surface area contributed by atoms with Crippen molar-refractivity contribution < 1.29 is 9.47 Å². The summed E-state index contributed by atoms with van der Waals surface area (Å²) in [5, 5.41) is 3.20. The highest BCUT2D eigenvalue weighted by molar-refractivity contribution is 5.67. The molecule has 3 rings (SSSR count). The molecule has 0 fully saturated rings. The summed E-state index contributed by atoms with van der Waals surface area (Å²) in [5.41, 5.74) is 1.59. The van der Waals surface area contributed by atoms with Gasteiger partial charge in [-0.2, -0.15) is 0 Å². The van der Waals surface area contributed by atoms with Crippen LogP contribution in [0.25, 0.3) is 11.4 Å². The monoisotopic (exact) mass is 287 g/mol. The Labute approximate surface area is 122 Å². The molecule has 110 valence electrons. The van der Waals surface area contributed by atoms with Crippen molar-refractivity contribution >= 4 is 5.82 Å². The van der Waals surface area contributed by atoms with E-state index in [-0.39, 0.29) is 5.92 Å². The Hall–Kier alpha value is -2.44. The third kappa shape index (κ3) is 2.46. The van der Waals surface area contributed by atoms with E-state index in [1.54, 1.807) is 13.3 Å². The number of methoxy groups -OCH3 is 1. The van der Waals surface area contributed by atoms with Gasteiger partial charge in [0.05, 0.1) is 25.5 Å². The topological polar surface area (TPSA) is 82.1 Å². The fourth-order valence-electron chi connectivity index (χ4n) is 2.24. The Morgan fingerprint density at radius 3 is 2.90 bits per heavy atom. The maximum atomic E-state index is 5.50. The number of fused-ring (bicyclic) bond motifs is 1. The average Bonchev–Trinajstić information content (AvgIpc) is 2.53. The molecule has 1 N–H and O–H groups in total. The van der Waals surface area contributed by atoms with Crippen molar-refractivity contribution in [1.29, 1.82) is 0 Å². The van der Waals surface area contributed by atoms with Gasteiger partial charge >= 0.3 is 0 Å². The molecule has 1 aliphatic heterocycles.